The fraction of sp³-hybridized carbons (Fsp3) is 0.714. The van der Waals surface area contributed by atoms with Crippen LogP contribution in [0, 0.1) is 0 Å². The lowest BCUT2D eigenvalue weighted by Gasteiger charge is -2.17. The summed E-state index contributed by atoms with van der Waals surface area (Å²) in [5.41, 5.74) is 11.0. The molecular weight excluding hydrogens is 318 g/mol. The maximum Gasteiger partial charge on any atom is 0.325 e. The normalized spacial score (nSPS) is 14.2. The van der Waals surface area contributed by atoms with E-state index < -0.39 is 41.8 Å². The summed E-state index contributed by atoms with van der Waals surface area (Å²) >= 11 is 0. The van der Waals surface area contributed by atoms with Gasteiger partial charge in [-0.05, 0) is 33.2 Å². The van der Waals surface area contributed by atoms with Crippen LogP contribution in [-0.2, 0) is 19.2 Å². The van der Waals surface area contributed by atoms with Crippen molar-refractivity contribution in [3.05, 3.63) is 0 Å². The third kappa shape index (κ3) is 9.06. The van der Waals surface area contributed by atoms with E-state index in [1.807, 2.05) is 0 Å². The Bertz CT molecular complexity index is 457. The summed E-state index contributed by atoms with van der Waals surface area (Å²) in [6, 6.07) is -2.72. The lowest BCUT2D eigenvalue weighted by Crippen LogP contribution is -2.52. The first-order valence-corrected chi connectivity index (χ1v) is 7.75. The van der Waals surface area contributed by atoms with Crippen molar-refractivity contribution in [2.75, 3.05) is 13.1 Å². The summed E-state index contributed by atoms with van der Waals surface area (Å²) in [4.78, 5) is 45.7. The highest BCUT2D eigenvalue weighted by atomic mass is 16.4. The molecule has 0 aromatic rings. The van der Waals surface area contributed by atoms with Gasteiger partial charge in [0.1, 0.15) is 12.1 Å². The number of hydrogen-bond acceptors (Lipinski definition) is 6. The first kappa shape index (κ1) is 21.8. The van der Waals surface area contributed by atoms with Crippen LogP contribution in [0.5, 0.6) is 0 Å². The van der Waals surface area contributed by atoms with Crippen LogP contribution in [-0.4, -0.2) is 60.0 Å². The summed E-state index contributed by atoms with van der Waals surface area (Å²) in [6.07, 6.45) is 1.95. The summed E-state index contributed by atoms with van der Waals surface area (Å²) in [5, 5.41) is 15.7. The number of carbonyl (C=O) groups is 4. The number of carbonyl (C=O) groups excluding carboxylic acids is 3. The number of aliphatic carboxylic acids is 1. The molecule has 0 aromatic heterocycles. The second-order valence-electron chi connectivity index (χ2n) is 5.47. The van der Waals surface area contributed by atoms with Crippen molar-refractivity contribution in [1.82, 2.24) is 16.0 Å². The van der Waals surface area contributed by atoms with Gasteiger partial charge < -0.3 is 32.5 Å². The molecule has 138 valence electrons. The Balaban J connectivity index is 4.13. The zero-order chi connectivity index (χ0) is 18.7. The van der Waals surface area contributed by atoms with Gasteiger partial charge in [0.05, 0.1) is 12.6 Å². The molecule has 8 N–H and O–H groups in total. The van der Waals surface area contributed by atoms with Crippen LogP contribution < -0.4 is 27.4 Å². The average molecular weight is 345 g/mol. The third-order valence-corrected chi connectivity index (χ3v) is 3.23. The van der Waals surface area contributed by atoms with Crippen LogP contribution in [0.2, 0.25) is 0 Å². The van der Waals surface area contributed by atoms with Gasteiger partial charge >= 0.3 is 5.97 Å². The van der Waals surface area contributed by atoms with E-state index in [4.69, 9.17) is 16.6 Å². The predicted octanol–water partition coefficient (Wildman–Crippen LogP) is -2.35. The lowest BCUT2D eigenvalue weighted by atomic mass is 10.1. The van der Waals surface area contributed by atoms with E-state index in [1.165, 1.54) is 13.8 Å². The second kappa shape index (κ2) is 11.4. The highest BCUT2D eigenvalue weighted by Gasteiger charge is 2.21. The number of carboxylic acid groups (broad SMARTS) is 1. The molecular formula is C14H27N5O5. The molecule has 0 radical (unpaired) electrons. The number of unbranched alkanes of at least 4 members (excludes halogenated alkanes) is 1. The largest absolute Gasteiger partial charge is 0.480 e. The molecule has 0 saturated carbocycles. The maximum atomic E-state index is 11.7. The minimum Gasteiger partial charge on any atom is -0.480 e. The molecule has 10 heteroatoms. The van der Waals surface area contributed by atoms with Crippen molar-refractivity contribution >= 4 is 23.7 Å². The molecule has 0 saturated heterocycles. The molecule has 0 aliphatic rings. The summed E-state index contributed by atoms with van der Waals surface area (Å²) in [5.74, 6) is -2.86. The Labute approximate surface area is 140 Å². The summed E-state index contributed by atoms with van der Waals surface area (Å²) in [7, 11) is 0. The average Bonchev–Trinajstić information content (AvgIpc) is 2.52. The number of nitrogens with two attached hydrogens (primary N) is 2. The van der Waals surface area contributed by atoms with Crippen molar-refractivity contribution < 1.29 is 24.3 Å². The highest BCUT2D eigenvalue weighted by molar-refractivity contribution is 5.92. The fourth-order valence-corrected chi connectivity index (χ4v) is 1.70. The van der Waals surface area contributed by atoms with Crippen molar-refractivity contribution in [2.24, 2.45) is 11.5 Å². The van der Waals surface area contributed by atoms with Gasteiger partial charge in [-0.15, -0.1) is 0 Å². The first-order valence-electron chi connectivity index (χ1n) is 7.75. The number of hydrogen-bond donors (Lipinski definition) is 6. The van der Waals surface area contributed by atoms with Crippen molar-refractivity contribution in [3.63, 3.8) is 0 Å². The van der Waals surface area contributed by atoms with Gasteiger partial charge in [0.15, 0.2) is 0 Å². The van der Waals surface area contributed by atoms with Gasteiger partial charge in [-0.1, -0.05) is 6.42 Å². The van der Waals surface area contributed by atoms with Gasteiger partial charge in [-0.2, -0.15) is 0 Å². The summed E-state index contributed by atoms with van der Waals surface area (Å²) in [6.45, 7) is 2.91. The highest BCUT2D eigenvalue weighted by Crippen LogP contribution is 1.97. The quantitative estimate of drug-likeness (QED) is 0.227. The monoisotopic (exact) mass is 345 g/mol. The van der Waals surface area contributed by atoms with E-state index in [1.54, 1.807) is 0 Å². The molecule has 3 amide bonds. The molecule has 0 aliphatic heterocycles. The molecule has 24 heavy (non-hydrogen) atoms. The molecule has 0 aliphatic carbocycles. The third-order valence-electron chi connectivity index (χ3n) is 3.23. The molecule has 0 heterocycles. The van der Waals surface area contributed by atoms with Gasteiger partial charge in [0.2, 0.25) is 17.7 Å². The lowest BCUT2D eigenvalue weighted by molar-refractivity contribution is -0.141. The van der Waals surface area contributed by atoms with E-state index in [9.17, 15) is 19.2 Å². The molecule has 10 nitrogen and oxygen atoms in total. The van der Waals surface area contributed by atoms with Crippen LogP contribution in [0.15, 0.2) is 0 Å². The van der Waals surface area contributed by atoms with Gasteiger partial charge in [-0.25, -0.2) is 0 Å². The molecule has 3 atom stereocenters. The van der Waals surface area contributed by atoms with E-state index in [0.29, 0.717) is 13.0 Å². The second-order valence-corrected chi connectivity index (χ2v) is 5.47. The SMILES string of the molecule is C[C@H](NC(=O)[C@H](C)NC(=O)CNC(=O)[C@@H](N)CCCCN)C(=O)O. The van der Waals surface area contributed by atoms with E-state index >= 15 is 0 Å². The van der Waals surface area contributed by atoms with Crippen molar-refractivity contribution in [2.45, 2.75) is 51.2 Å². The van der Waals surface area contributed by atoms with Crippen molar-refractivity contribution in [1.29, 1.82) is 0 Å². The van der Waals surface area contributed by atoms with Crippen LogP contribution in [0.4, 0.5) is 0 Å². The molecule has 0 aromatic carbocycles. The zero-order valence-electron chi connectivity index (χ0n) is 14.0. The van der Waals surface area contributed by atoms with Crippen LogP contribution in [0.1, 0.15) is 33.1 Å². The Kier molecular flexibility index (Phi) is 10.3. The Morgan fingerprint density at radius 1 is 1.00 bits per heavy atom. The topological polar surface area (TPSA) is 177 Å². The molecule has 0 spiro atoms. The predicted molar refractivity (Wildman–Crippen MR) is 86.7 cm³/mol. The van der Waals surface area contributed by atoms with Gasteiger partial charge in [0.25, 0.3) is 0 Å². The van der Waals surface area contributed by atoms with E-state index in [0.717, 1.165) is 12.8 Å². The standard InChI is InChI=1S/C14H27N5O5/c1-8(12(21)19-9(2)14(23)24)18-11(20)7-17-13(22)10(16)5-3-4-6-15/h8-10H,3-7,15-16H2,1-2H3,(H,17,22)(H,18,20)(H,19,21)(H,23,24)/t8-,9-,10-/m0/s1. The Morgan fingerprint density at radius 3 is 2.17 bits per heavy atom. The summed E-state index contributed by atoms with van der Waals surface area (Å²) < 4.78 is 0. The van der Waals surface area contributed by atoms with Crippen LogP contribution in [0.3, 0.4) is 0 Å². The molecule has 0 fully saturated rings. The fourth-order valence-electron chi connectivity index (χ4n) is 1.70. The number of nitrogens with one attached hydrogen (secondary N) is 3. The van der Waals surface area contributed by atoms with Crippen LogP contribution in [0.25, 0.3) is 0 Å². The van der Waals surface area contributed by atoms with E-state index in [-0.39, 0.29) is 6.54 Å². The van der Waals surface area contributed by atoms with Gasteiger partial charge in [0, 0.05) is 0 Å². The molecule has 0 rings (SSSR count). The minimum atomic E-state index is -1.18. The maximum absolute atomic E-state index is 11.7. The Hall–Kier alpha value is -2.20. The number of amides is 3. The number of rotatable bonds is 11. The molecule has 0 bridgehead atoms. The van der Waals surface area contributed by atoms with E-state index in [2.05, 4.69) is 16.0 Å². The smallest absolute Gasteiger partial charge is 0.325 e. The Morgan fingerprint density at radius 2 is 1.62 bits per heavy atom. The minimum absolute atomic E-state index is 0.324. The first-order chi connectivity index (χ1) is 11.2. The van der Waals surface area contributed by atoms with Crippen LogP contribution >= 0.6 is 0 Å². The zero-order valence-corrected chi connectivity index (χ0v) is 14.0. The van der Waals surface area contributed by atoms with Gasteiger partial charge in [-0.3, -0.25) is 19.2 Å². The molecule has 0 unspecified atom stereocenters. The van der Waals surface area contributed by atoms with Crippen molar-refractivity contribution in [3.8, 4) is 0 Å². The number of carboxylic acids is 1.